The van der Waals surface area contributed by atoms with Crippen LogP contribution in [0.1, 0.15) is 78.6 Å². The van der Waals surface area contributed by atoms with E-state index in [1.165, 1.54) is 0 Å². The third kappa shape index (κ3) is 4.31. The minimum atomic E-state index is -2.84. The summed E-state index contributed by atoms with van der Waals surface area (Å²) in [6.45, 7) is 8.50. The summed E-state index contributed by atoms with van der Waals surface area (Å²) in [7, 11) is -8.51. The predicted molar refractivity (Wildman–Crippen MR) is 108 cm³/mol. The minimum Gasteiger partial charge on any atom is -0.374 e. The van der Waals surface area contributed by atoms with Crippen LogP contribution in [0.3, 0.4) is 0 Å². The summed E-state index contributed by atoms with van der Waals surface area (Å²) in [5.74, 6) is 0. The summed E-state index contributed by atoms with van der Waals surface area (Å²) in [6, 6.07) is 0. The van der Waals surface area contributed by atoms with Gasteiger partial charge in [0.1, 0.15) is 0 Å². The first-order valence-corrected chi connectivity index (χ1v) is 16.5. The van der Waals surface area contributed by atoms with Crippen molar-refractivity contribution >= 4 is 26.4 Å². The monoisotopic (exact) mass is 432 g/mol. The molecule has 3 saturated carbocycles. The molecule has 9 heteroatoms. The van der Waals surface area contributed by atoms with Gasteiger partial charge in [0.2, 0.25) is 0 Å². The zero-order valence-corrected chi connectivity index (χ0v) is 20.2. The van der Waals surface area contributed by atoms with Crippen molar-refractivity contribution in [3.63, 3.8) is 0 Å². The lowest BCUT2D eigenvalue weighted by molar-refractivity contribution is 0.00884. The average Bonchev–Trinajstić information content (AvgIpc) is 3.55. The van der Waals surface area contributed by atoms with E-state index in [0.29, 0.717) is 36.4 Å². The molecule has 1 heterocycles. The summed E-state index contributed by atoms with van der Waals surface area (Å²) in [5.41, 5.74) is 1.25. The summed E-state index contributed by atoms with van der Waals surface area (Å²) in [5, 5.41) is 0. The van der Waals surface area contributed by atoms with Gasteiger partial charge in [0.15, 0.2) is 0 Å². The third-order valence-corrected chi connectivity index (χ3v) is 19.0. The zero-order chi connectivity index (χ0) is 19.0. The normalized spacial score (nSPS) is 39.7. The maximum Gasteiger partial charge on any atom is 0.489 e. The first-order valence-electron chi connectivity index (χ1n) is 11.1. The Labute approximate surface area is 167 Å². The van der Waals surface area contributed by atoms with Gasteiger partial charge in [-0.3, -0.25) is 0 Å². The zero-order valence-electron chi connectivity index (χ0n) is 17.2. The van der Waals surface area contributed by atoms with E-state index in [0.717, 1.165) is 57.8 Å². The van der Waals surface area contributed by atoms with Crippen LogP contribution >= 0.6 is 0 Å². The van der Waals surface area contributed by atoms with Crippen molar-refractivity contribution in [1.82, 2.24) is 0 Å². The van der Waals surface area contributed by atoms with Crippen LogP contribution in [0, 0.1) is 0 Å². The van der Waals surface area contributed by atoms with Crippen molar-refractivity contribution in [3.05, 3.63) is 0 Å². The molecular formula is C18H36O6Si3. The maximum absolute atomic E-state index is 6.87. The van der Waals surface area contributed by atoms with Gasteiger partial charge in [-0.1, -0.05) is 20.8 Å². The van der Waals surface area contributed by atoms with Crippen molar-refractivity contribution in [1.29, 1.82) is 0 Å². The number of hydrogen-bond donors (Lipinski definition) is 0. The van der Waals surface area contributed by atoms with Crippen LogP contribution in [0.5, 0.6) is 0 Å². The molecule has 0 atom stereocenters. The fourth-order valence-electron chi connectivity index (χ4n) is 3.73. The molecule has 4 rings (SSSR count). The Kier molecular flexibility index (Phi) is 6.33. The van der Waals surface area contributed by atoms with Crippen molar-refractivity contribution in [2.45, 2.75) is 95.2 Å². The average molecular weight is 433 g/mol. The molecule has 0 N–H and O–H groups in total. The van der Waals surface area contributed by atoms with Gasteiger partial charge in [-0.15, -0.1) is 0 Å². The van der Waals surface area contributed by atoms with E-state index in [4.69, 9.17) is 25.6 Å². The van der Waals surface area contributed by atoms with Crippen molar-refractivity contribution in [3.8, 4) is 0 Å². The fourth-order valence-corrected chi connectivity index (χ4v) is 20.3. The summed E-state index contributed by atoms with van der Waals surface area (Å²) in [4.78, 5) is 0. The molecule has 6 nitrogen and oxygen atoms in total. The number of rotatable bonds is 12. The summed E-state index contributed by atoms with van der Waals surface area (Å²) in [6.07, 6.45) is 9.75. The molecule has 4 fully saturated rings. The molecule has 3 aliphatic carbocycles. The molecule has 1 saturated heterocycles. The Morgan fingerprint density at radius 1 is 0.556 bits per heavy atom. The highest BCUT2D eigenvalue weighted by Gasteiger charge is 2.77. The first-order chi connectivity index (χ1) is 13.1. The molecule has 0 radical (unpaired) electrons. The van der Waals surface area contributed by atoms with Gasteiger partial charge >= 0.3 is 26.4 Å². The second-order valence-corrected chi connectivity index (χ2v) is 17.9. The Bertz CT molecular complexity index is 432. The second kappa shape index (κ2) is 8.27. The first kappa shape index (κ1) is 20.7. The molecule has 0 amide bonds. The minimum absolute atomic E-state index is 0.416. The lowest BCUT2D eigenvalue weighted by Crippen LogP contribution is -2.74. The fraction of sp³-hybridized carbons (Fsp3) is 1.00. The van der Waals surface area contributed by atoms with E-state index in [-0.39, 0.29) is 0 Å². The van der Waals surface area contributed by atoms with Crippen LogP contribution in [-0.4, -0.2) is 46.2 Å². The van der Waals surface area contributed by atoms with Gasteiger partial charge in [-0.2, -0.15) is 0 Å². The molecule has 156 valence electrons. The molecule has 27 heavy (non-hydrogen) atoms. The van der Waals surface area contributed by atoms with Gasteiger partial charge in [-0.25, -0.2) is 0 Å². The molecular weight excluding hydrogens is 396 g/mol. The Morgan fingerprint density at radius 2 is 0.815 bits per heavy atom. The summed E-state index contributed by atoms with van der Waals surface area (Å²) < 4.78 is 40.1. The molecule has 1 aliphatic heterocycles. The number of hydrogen-bond acceptors (Lipinski definition) is 6. The van der Waals surface area contributed by atoms with Crippen molar-refractivity contribution in [2.24, 2.45) is 0 Å². The molecule has 4 aliphatic rings. The van der Waals surface area contributed by atoms with Gasteiger partial charge in [-0.05, 0) is 57.8 Å². The smallest absolute Gasteiger partial charge is 0.374 e. The van der Waals surface area contributed by atoms with Crippen molar-refractivity contribution < 1.29 is 25.6 Å². The maximum atomic E-state index is 6.87. The molecule has 0 bridgehead atoms. The van der Waals surface area contributed by atoms with E-state index in [1.807, 2.05) is 0 Å². The largest absolute Gasteiger partial charge is 0.489 e. The summed E-state index contributed by atoms with van der Waals surface area (Å²) >= 11 is 0. The lowest BCUT2D eigenvalue weighted by atomic mass is 10.5. The van der Waals surface area contributed by atoms with Gasteiger partial charge in [0.05, 0.1) is 0 Å². The SMILES string of the molecule is CCCO[Si]1(C2CC2)O[Si](OCCC)(C2CC2)O[Si](OCCC)(C2CC2)O1. The van der Waals surface area contributed by atoms with Gasteiger partial charge < -0.3 is 25.6 Å². The second-order valence-electron chi connectivity index (χ2n) is 8.49. The van der Waals surface area contributed by atoms with Crippen LogP contribution in [0.25, 0.3) is 0 Å². The van der Waals surface area contributed by atoms with E-state index in [9.17, 15) is 0 Å². The molecule has 0 spiro atoms. The molecule has 0 aromatic heterocycles. The highest BCUT2D eigenvalue weighted by Crippen LogP contribution is 2.60. The molecule has 0 aromatic rings. The van der Waals surface area contributed by atoms with Gasteiger partial charge in [0.25, 0.3) is 0 Å². The van der Waals surface area contributed by atoms with Crippen LogP contribution in [0.4, 0.5) is 0 Å². The van der Waals surface area contributed by atoms with E-state index < -0.39 is 26.4 Å². The Balaban J connectivity index is 1.68. The topological polar surface area (TPSA) is 55.4 Å². The molecule has 0 aromatic carbocycles. The standard InChI is InChI=1S/C18H36O6Si3/c1-4-13-19-25(16-7-8-16)22-26(17-9-10-17,20-14-5-2)24-27(23-25,18-11-12-18)21-15-6-3/h16-18H,4-15H2,1-3H3. The van der Waals surface area contributed by atoms with E-state index in [2.05, 4.69) is 20.8 Å². The Hall–Kier alpha value is 0.411. The van der Waals surface area contributed by atoms with E-state index >= 15 is 0 Å². The van der Waals surface area contributed by atoms with Crippen LogP contribution in [-0.2, 0) is 25.6 Å². The lowest BCUT2D eigenvalue weighted by Gasteiger charge is -2.50. The van der Waals surface area contributed by atoms with Crippen molar-refractivity contribution in [2.75, 3.05) is 19.8 Å². The van der Waals surface area contributed by atoms with Crippen LogP contribution < -0.4 is 0 Å². The highest BCUT2D eigenvalue weighted by molar-refractivity contribution is 6.91. The van der Waals surface area contributed by atoms with E-state index in [1.54, 1.807) is 0 Å². The molecule has 0 unspecified atom stereocenters. The predicted octanol–water partition coefficient (Wildman–Crippen LogP) is 4.64. The Morgan fingerprint density at radius 3 is 1.00 bits per heavy atom. The third-order valence-electron chi connectivity index (χ3n) is 5.61. The highest BCUT2D eigenvalue weighted by atomic mass is 28.5. The van der Waals surface area contributed by atoms with Crippen LogP contribution in [0.2, 0.25) is 16.6 Å². The van der Waals surface area contributed by atoms with Gasteiger partial charge in [0, 0.05) is 36.4 Å². The quantitative estimate of drug-likeness (QED) is 0.419. The van der Waals surface area contributed by atoms with Crippen LogP contribution in [0.15, 0.2) is 0 Å².